The third-order valence-corrected chi connectivity index (χ3v) is 5.20. The molecule has 2 aromatic heterocycles. The zero-order chi connectivity index (χ0) is 13.5. The van der Waals surface area contributed by atoms with Gasteiger partial charge in [0, 0.05) is 15.7 Å². The molecule has 96 valence electrons. The predicted molar refractivity (Wildman–Crippen MR) is 76.1 cm³/mol. The summed E-state index contributed by atoms with van der Waals surface area (Å²) >= 11 is 8.74. The molecule has 2 rings (SSSR count). The van der Waals surface area contributed by atoms with Gasteiger partial charge in [0.25, 0.3) is 0 Å². The van der Waals surface area contributed by atoms with Crippen molar-refractivity contribution >= 4 is 40.2 Å². The lowest BCUT2D eigenvalue weighted by atomic mass is 9.98. The van der Waals surface area contributed by atoms with Gasteiger partial charge in [-0.3, -0.25) is 0 Å². The fraction of sp³-hybridized carbons (Fsp3) is 0.333. The number of carboxylic acids is 1. The number of hydrogen-bond donors (Lipinski definition) is 1. The summed E-state index contributed by atoms with van der Waals surface area (Å²) in [7, 11) is 0. The van der Waals surface area contributed by atoms with E-state index in [1.165, 1.54) is 22.7 Å². The first kappa shape index (κ1) is 13.5. The second kappa shape index (κ2) is 4.64. The summed E-state index contributed by atoms with van der Waals surface area (Å²) in [5.41, 5.74) is -0.0443. The van der Waals surface area contributed by atoms with Crippen molar-refractivity contribution in [1.82, 2.24) is 4.98 Å². The van der Waals surface area contributed by atoms with Crippen molar-refractivity contribution in [3.05, 3.63) is 27.2 Å². The molecule has 0 radical (unpaired) electrons. The Morgan fingerprint density at radius 2 is 2.11 bits per heavy atom. The molecule has 0 amide bonds. The third-order valence-electron chi connectivity index (χ3n) is 2.26. The van der Waals surface area contributed by atoms with E-state index in [9.17, 15) is 9.90 Å². The first-order valence-corrected chi connectivity index (χ1v) is 7.35. The Morgan fingerprint density at radius 3 is 2.56 bits per heavy atom. The number of thiophene rings is 1. The van der Waals surface area contributed by atoms with Crippen LogP contribution in [0.5, 0.6) is 0 Å². The van der Waals surface area contributed by atoms with Crippen molar-refractivity contribution in [2.24, 2.45) is 0 Å². The van der Waals surface area contributed by atoms with Crippen LogP contribution >= 0.6 is 34.3 Å². The normalized spacial score (nSPS) is 11.8. The Balaban J connectivity index is 2.59. The molecule has 1 N–H and O–H groups in total. The third kappa shape index (κ3) is 2.58. The van der Waals surface area contributed by atoms with E-state index in [4.69, 9.17) is 11.6 Å². The van der Waals surface area contributed by atoms with Crippen LogP contribution in [-0.2, 0) is 5.41 Å². The van der Waals surface area contributed by atoms with E-state index >= 15 is 0 Å². The average molecular weight is 302 g/mol. The average Bonchev–Trinajstić information content (AvgIpc) is 2.81. The number of rotatable bonds is 2. The van der Waals surface area contributed by atoms with Gasteiger partial charge >= 0.3 is 5.97 Å². The van der Waals surface area contributed by atoms with Crippen LogP contribution in [0.3, 0.4) is 0 Å². The molecular formula is C12H12ClNO2S2. The fourth-order valence-electron chi connectivity index (χ4n) is 1.39. The standard InChI is InChI=1S/C12H12ClNO2S2/c1-12(2,3)11-14-8(10(15)16)9(18-11)7-4-6(13)5-17-7/h4-5H,1-3H3,(H,15,16). The minimum absolute atomic E-state index is 0.114. The molecule has 0 fully saturated rings. The summed E-state index contributed by atoms with van der Waals surface area (Å²) in [6.07, 6.45) is 0. The van der Waals surface area contributed by atoms with E-state index in [-0.39, 0.29) is 11.1 Å². The number of hydrogen-bond acceptors (Lipinski definition) is 4. The highest BCUT2D eigenvalue weighted by molar-refractivity contribution is 7.21. The van der Waals surface area contributed by atoms with E-state index in [0.717, 1.165) is 9.88 Å². The monoisotopic (exact) mass is 301 g/mol. The van der Waals surface area contributed by atoms with Gasteiger partial charge in [0.15, 0.2) is 5.69 Å². The number of thiazole rings is 1. The zero-order valence-electron chi connectivity index (χ0n) is 10.2. The predicted octanol–water partition coefficient (Wildman–Crippen LogP) is 4.52. The van der Waals surface area contributed by atoms with Crippen LogP contribution in [0, 0.1) is 0 Å². The number of aromatic nitrogens is 1. The topological polar surface area (TPSA) is 50.2 Å². The molecule has 0 bridgehead atoms. The van der Waals surface area contributed by atoms with Crippen LogP contribution in [0.15, 0.2) is 11.4 Å². The smallest absolute Gasteiger partial charge is 0.356 e. The number of carbonyl (C=O) groups is 1. The molecule has 0 aliphatic rings. The van der Waals surface area contributed by atoms with E-state index in [2.05, 4.69) is 4.98 Å². The molecule has 6 heteroatoms. The Hall–Kier alpha value is -0.910. The molecule has 0 aliphatic heterocycles. The summed E-state index contributed by atoms with van der Waals surface area (Å²) in [5, 5.41) is 12.5. The molecular weight excluding hydrogens is 290 g/mol. The lowest BCUT2D eigenvalue weighted by Crippen LogP contribution is -2.11. The van der Waals surface area contributed by atoms with Crippen LogP contribution in [0.4, 0.5) is 0 Å². The van der Waals surface area contributed by atoms with E-state index < -0.39 is 5.97 Å². The molecule has 0 saturated heterocycles. The van der Waals surface area contributed by atoms with Gasteiger partial charge in [0.1, 0.15) is 0 Å². The van der Waals surface area contributed by atoms with Crippen LogP contribution in [0.2, 0.25) is 5.02 Å². The summed E-state index contributed by atoms with van der Waals surface area (Å²) in [4.78, 5) is 17.0. The number of aromatic carboxylic acids is 1. The largest absolute Gasteiger partial charge is 0.476 e. The van der Waals surface area contributed by atoms with E-state index in [1.807, 2.05) is 20.8 Å². The number of halogens is 1. The van der Waals surface area contributed by atoms with Crippen molar-refractivity contribution < 1.29 is 9.90 Å². The number of carboxylic acid groups (broad SMARTS) is 1. The summed E-state index contributed by atoms with van der Waals surface area (Å²) in [6, 6.07) is 1.78. The molecule has 0 atom stereocenters. The van der Waals surface area contributed by atoms with Crippen molar-refractivity contribution in [2.45, 2.75) is 26.2 Å². The van der Waals surface area contributed by atoms with Crippen LogP contribution in [0.1, 0.15) is 36.3 Å². The van der Waals surface area contributed by atoms with Gasteiger partial charge in [0.05, 0.1) is 14.9 Å². The summed E-state index contributed by atoms with van der Waals surface area (Å²) in [6.45, 7) is 6.05. The number of nitrogens with zero attached hydrogens (tertiary/aromatic N) is 1. The maximum Gasteiger partial charge on any atom is 0.356 e. The Morgan fingerprint density at radius 1 is 1.44 bits per heavy atom. The lowest BCUT2D eigenvalue weighted by Gasteiger charge is -2.13. The second-order valence-corrected chi connectivity index (χ2v) is 7.23. The van der Waals surface area contributed by atoms with E-state index in [0.29, 0.717) is 9.90 Å². The molecule has 0 spiro atoms. The maximum absolute atomic E-state index is 11.3. The minimum Gasteiger partial charge on any atom is -0.476 e. The van der Waals surface area contributed by atoms with Gasteiger partial charge in [-0.05, 0) is 6.07 Å². The molecule has 0 aromatic carbocycles. The first-order chi connectivity index (χ1) is 8.29. The van der Waals surface area contributed by atoms with Gasteiger partial charge in [-0.25, -0.2) is 9.78 Å². The second-order valence-electron chi connectivity index (χ2n) is 4.88. The van der Waals surface area contributed by atoms with Crippen molar-refractivity contribution in [2.75, 3.05) is 0 Å². The Kier molecular flexibility index (Phi) is 3.49. The first-order valence-electron chi connectivity index (χ1n) is 5.28. The SMILES string of the molecule is CC(C)(C)c1nc(C(=O)O)c(-c2cc(Cl)cs2)s1. The van der Waals surface area contributed by atoms with Crippen LogP contribution < -0.4 is 0 Å². The maximum atomic E-state index is 11.3. The summed E-state index contributed by atoms with van der Waals surface area (Å²) < 4.78 is 0. The zero-order valence-corrected chi connectivity index (χ0v) is 12.5. The lowest BCUT2D eigenvalue weighted by molar-refractivity contribution is 0.0692. The molecule has 2 aromatic rings. The van der Waals surface area contributed by atoms with Crippen molar-refractivity contribution in [3.63, 3.8) is 0 Å². The van der Waals surface area contributed by atoms with Crippen LogP contribution in [-0.4, -0.2) is 16.1 Å². The highest BCUT2D eigenvalue weighted by atomic mass is 35.5. The molecule has 0 saturated carbocycles. The molecule has 18 heavy (non-hydrogen) atoms. The van der Waals surface area contributed by atoms with Gasteiger partial charge in [-0.1, -0.05) is 32.4 Å². The molecule has 0 unspecified atom stereocenters. The van der Waals surface area contributed by atoms with Gasteiger partial charge in [0.2, 0.25) is 0 Å². The highest BCUT2D eigenvalue weighted by Crippen LogP contribution is 2.39. The van der Waals surface area contributed by atoms with Crippen LogP contribution in [0.25, 0.3) is 9.75 Å². The fourth-order valence-corrected chi connectivity index (χ4v) is 3.69. The Labute approximate surface area is 118 Å². The summed E-state index contributed by atoms with van der Waals surface area (Å²) in [5.74, 6) is -0.999. The Bertz CT molecular complexity index is 595. The van der Waals surface area contributed by atoms with Gasteiger partial charge in [-0.15, -0.1) is 22.7 Å². The highest BCUT2D eigenvalue weighted by Gasteiger charge is 2.25. The quantitative estimate of drug-likeness (QED) is 0.887. The van der Waals surface area contributed by atoms with Gasteiger partial charge in [-0.2, -0.15) is 0 Å². The minimum atomic E-state index is -0.999. The van der Waals surface area contributed by atoms with E-state index in [1.54, 1.807) is 11.4 Å². The van der Waals surface area contributed by atoms with Gasteiger partial charge < -0.3 is 5.11 Å². The molecule has 0 aliphatic carbocycles. The van der Waals surface area contributed by atoms with Crippen molar-refractivity contribution in [3.8, 4) is 9.75 Å². The molecule has 2 heterocycles. The molecule has 3 nitrogen and oxygen atoms in total. The van der Waals surface area contributed by atoms with Crippen molar-refractivity contribution in [1.29, 1.82) is 0 Å².